The van der Waals surface area contributed by atoms with E-state index >= 15 is 0 Å². The number of halogens is 1. The van der Waals surface area contributed by atoms with Crippen molar-refractivity contribution in [3.63, 3.8) is 0 Å². The largest absolute Gasteiger partial charge is 0.306 e. The summed E-state index contributed by atoms with van der Waals surface area (Å²) in [5, 5.41) is 4.78. The first-order valence-electron chi connectivity index (χ1n) is 6.28. The maximum absolute atomic E-state index is 4.86. The van der Waals surface area contributed by atoms with Gasteiger partial charge in [-0.25, -0.2) is 4.98 Å². The van der Waals surface area contributed by atoms with Crippen molar-refractivity contribution in [1.82, 2.24) is 10.3 Å². The van der Waals surface area contributed by atoms with Crippen molar-refractivity contribution in [3.8, 4) is 11.3 Å². The number of nitrogens with zero attached hydrogens (tertiary/aromatic N) is 1. The fraction of sp³-hybridized carbons (Fsp3) is 0.357. The summed E-state index contributed by atoms with van der Waals surface area (Å²) in [5.74, 6) is 2.34. The van der Waals surface area contributed by atoms with Crippen LogP contribution in [0.1, 0.15) is 15.9 Å². The number of benzene rings is 1. The highest BCUT2D eigenvalue weighted by Gasteiger charge is 2.20. The van der Waals surface area contributed by atoms with Crippen LogP contribution in [0.5, 0.6) is 0 Å². The van der Waals surface area contributed by atoms with Gasteiger partial charge in [-0.2, -0.15) is 11.8 Å². The molecule has 2 nitrogen and oxygen atoms in total. The lowest BCUT2D eigenvalue weighted by molar-refractivity contribution is 0.592. The summed E-state index contributed by atoms with van der Waals surface area (Å²) in [7, 11) is 0. The van der Waals surface area contributed by atoms with Crippen LogP contribution in [0.25, 0.3) is 11.3 Å². The van der Waals surface area contributed by atoms with Gasteiger partial charge in [-0.15, -0.1) is 11.3 Å². The molecule has 1 saturated heterocycles. The molecule has 0 aliphatic carbocycles. The van der Waals surface area contributed by atoms with Gasteiger partial charge >= 0.3 is 0 Å². The van der Waals surface area contributed by atoms with E-state index in [1.54, 1.807) is 0 Å². The SMILES string of the molecule is Cc1sc(C2CSCCN2)nc1-c1ccc(Br)cc1. The highest BCUT2D eigenvalue weighted by Crippen LogP contribution is 2.33. The Morgan fingerprint density at radius 3 is 2.79 bits per heavy atom. The Kier molecular flexibility index (Phi) is 4.27. The molecule has 0 bridgehead atoms. The fourth-order valence-electron chi connectivity index (χ4n) is 2.17. The average Bonchev–Trinajstić information content (AvgIpc) is 2.83. The van der Waals surface area contributed by atoms with Crippen LogP contribution in [-0.4, -0.2) is 23.0 Å². The lowest BCUT2D eigenvalue weighted by Crippen LogP contribution is -2.30. The van der Waals surface area contributed by atoms with E-state index in [-0.39, 0.29) is 0 Å². The minimum Gasteiger partial charge on any atom is -0.306 e. The number of hydrogen-bond donors (Lipinski definition) is 1. The Hall–Kier alpha value is -0.360. The van der Waals surface area contributed by atoms with Crippen molar-refractivity contribution in [2.24, 2.45) is 0 Å². The van der Waals surface area contributed by atoms with Gasteiger partial charge in [0.05, 0.1) is 11.7 Å². The second kappa shape index (κ2) is 5.95. The van der Waals surface area contributed by atoms with Crippen LogP contribution in [-0.2, 0) is 0 Å². The highest BCUT2D eigenvalue weighted by molar-refractivity contribution is 9.10. The highest BCUT2D eigenvalue weighted by atomic mass is 79.9. The molecule has 2 aromatic rings. The van der Waals surface area contributed by atoms with Crippen molar-refractivity contribution >= 4 is 39.0 Å². The molecule has 100 valence electrons. The molecule has 1 aromatic carbocycles. The van der Waals surface area contributed by atoms with Gasteiger partial charge in [-0.3, -0.25) is 0 Å². The standard InChI is InChI=1S/C14H15BrN2S2/c1-9-13(10-2-4-11(15)5-3-10)17-14(19-9)12-8-18-7-6-16-12/h2-5,12,16H,6-8H2,1H3. The minimum atomic E-state index is 0.423. The first kappa shape index (κ1) is 13.6. The van der Waals surface area contributed by atoms with Crippen molar-refractivity contribution in [2.45, 2.75) is 13.0 Å². The van der Waals surface area contributed by atoms with Crippen LogP contribution < -0.4 is 5.32 Å². The molecule has 1 fully saturated rings. The molecule has 19 heavy (non-hydrogen) atoms. The Morgan fingerprint density at radius 1 is 1.32 bits per heavy atom. The Morgan fingerprint density at radius 2 is 2.11 bits per heavy atom. The predicted molar refractivity (Wildman–Crippen MR) is 88.1 cm³/mol. The summed E-state index contributed by atoms with van der Waals surface area (Å²) in [6, 6.07) is 8.81. The van der Waals surface area contributed by atoms with E-state index in [0.29, 0.717) is 6.04 Å². The Bertz CT molecular complexity index is 559. The average molecular weight is 355 g/mol. The smallest absolute Gasteiger partial charge is 0.111 e. The topological polar surface area (TPSA) is 24.9 Å². The first-order valence-corrected chi connectivity index (χ1v) is 9.05. The molecule has 1 aliphatic rings. The molecular weight excluding hydrogens is 340 g/mol. The molecule has 0 amide bonds. The molecule has 0 spiro atoms. The van der Waals surface area contributed by atoms with E-state index in [9.17, 15) is 0 Å². The second-order valence-corrected chi connectivity index (χ2v) is 7.85. The molecule has 1 aromatic heterocycles. The Balaban J connectivity index is 1.90. The number of hydrogen-bond acceptors (Lipinski definition) is 4. The van der Waals surface area contributed by atoms with E-state index < -0.39 is 0 Å². The normalized spacial score (nSPS) is 19.6. The third-order valence-electron chi connectivity index (χ3n) is 3.15. The molecule has 1 unspecified atom stereocenters. The molecule has 1 aliphatic heterocycles. The summed E-state index contributed by atoms with van der Waals surface area (Å²) < 4.78 is 1.11. The van der Waals surface area contributed by atoms with Gasteiger partial charge in [-0.1, -0.05) is 28.1 Å². The number of nitrogens with one attached hydrogen (secondary N) is 1. The van der Waals surface area contributed by atoms with Gasteiger partial charge < -0.3 is 5.32 Å². The number of aromatic nitrogens is 1. The fourth-order valence-corrected chi connectivity index (χ4v) is 4.50. The third-order valence-corrected chi connectivity index (χ3v) is 5.83. The van der Waals surface area contributed by atoms with Gasteiger partial charge in [0, 0.05) is 33.0 Å². The predicted octanol–water partition coefficient (Wildman–Crippen LogP) is 4.26. The van der Waals surface area contributed by atoms with Crippen LogP contribution >= 0.6 is 39.0 Å². The quantitative estimate of drug-likeness (QED) is 0.871. The summed E-state index contributed by atoms with van der Waals surface area (Å²) in [6.07, 6.45) is 0. The molecule has 3 rings (SSSR count). The van der Waals surface area contributed by atoms with Gasteiger partial charge in [-0.05, 0) is 19.1 Å². The maximum Gasteiger partial charge on any atom is 0.111 e. The minimum absolute atomic E-state index is 0.423. The van der Waals surface area contributed by atoms with Gasteiger partial charge in [0.1, 0.15) is 5.01 Å². The molecule has 0 saturated carbocycles. The molecule has 1 atom stereocenters. The van der Waals surface area contributed by atoms with Crippen LogP contribution in [0, 0.1) is 6.92 Å². The van der Waals surface area contributed by atoms with Gasteiger partial charge in [0.2, 0.25) is 0 Å². The van der Waals surface area contributed by atoms with Crippen LogP contribution in [0.2, 0.25) is 0 Å². The van der Waals surface area contributed by atoms with Crippen LogP contribution in [0.15, 0.2) is 28.7 Å². The number of aryl methyl sites for hydroxylation is 1. The van der Waals surface area contributed by atoms with E-state index in [0.717, 1.165) is 22.5 Å². The summed E-state index contributed by atoms with van der Waals surface area (Å²) in [5.41, 5.74) is 2.33. The van der Waals surface area contributed by atoms with E-state index in [4.69, 9.17) is 4.98 Å². The van der Waals surface area contributed by atoms with Crippen molar-refractivity contribution in [3.05, 3.63) is 38.6 Å². The molecule has 2 heterocycles. The number of rotatable bonds is 2. The zero-order chi connectivity index (χ0) is 13.2. The third kappa shape index (κ3) is 3.05. The molecule has 1 N–H and O–H groups in total. The molecule has 0 radical (unpaired) electrons. The zero-order valence-corrected chi connectivity index (χ0v) is 13.9. The van der Waals surface area contributed by atoms with E-state index in [2.05, 4.69) is 52.4 Å². The van der Waals surface area contributed by atoms with E-state index in [1.807, 2.05) is 23.1 Å². The molecular formula is C14H15BrN2S2. The first-order chi connectivity index (χ1) is 9.24. The lowest BCUT2D eigenvalue weighted by Gasteiger charge is -2.20. The van der Waals surface area contributed by atoms with E-state index in [1.165, 1.54) is 21.2 Å². The number of thiazole rings is 1. The zero-order valence-electron chi connectivity index (χ0n) is 10.6. The molecule has 5 heteroatoms. The van der Waals surface area contributed by atoms with Crippen molar-refractivity contribution in [1.29, 1.82) is 0 Å². The van der Waals surface area contributed by atoms with Gasteiger partial charge in [0.15, 0.2) is 0 Å². The summed E-state index contributed by atoms with van der Waals surface area (Å²) in [6.45, 7) is 3.25. The van der Waals surface area contributed by atoms with Gasteiger partial charge in [0.25, 0.3) is 0 Å². The van der Waals surface area contributed by atoms with Crippen LogP contribution in [0.4, 0.5) is 0 Å². The second-order valence-electron chi connectivity index (χ2n) is 4.55. The van der Waals surface area contributed by atoms with Crippen molar-refractivity contribution < 1.29 is 0 Å². The summed E-state index contributed by atoms with van der Waals surface area (Å²) >= 11 is 7.30. The lowest BCUT2D eigenvalue weighted by atomic mass is 10.1. The summed E-state index contributed by atoms with van der Waals surface area (Å²) in [4.78, 5) is 6.16. The Labute approximate surface area is 130 Å². The maximum atomic E-state index is 4.86. The van der Waals surface area contributed by atoms with Crippen LogP contribution in [0.3, 0.4) is 0 Å². The monoisotopic (exact) mass is 354 g/mol. The van der Waals surface area contributed by atoms with Crippen molar-refractivity contribution in [2.75, 3.05) is 18.1 Å². The number of thioether (sulfide) groups is 1.